The average molecular weight is 410 g/mol. The van der Waals surface area contributed by atoms with Crippen LogP contribution in [-0.4, -0.2) is 60.5 Å². The maximum atomic E-state index is 10.6. The lowest BCUT2D eigenvalue weighted by atomic mass is 10.1. The molecule has 0 radical (unpaired) electrons. The highest BCUT2D eigenvalue weighted by Crippen LogP contribution is 2.28. The van der Waals surface area contributed by atoms with Crippen molar-refractivity contribution < 1.29 is 14.3 Å². The zero-order valence-corrected chi connectivity index (χ0v) is 16.8. The molecule has 3 heterocycles. The summed E-state index contributed by atoms with van der Waals surface area (Å²) in [6.45, 7) is 4.00. The fraction of sp³-hybridized carbons (Fsp3) is 0.381. The van der Waals surface area contributed by atoms with Gasteiger partial charge in [0.2, 0.25) is 0 Å². The standard InChI is InChI=1S/C21H26N6O3/c22-21(28)30-11-2-1-7-24-18-14-19(27-9-12-29-13-10-27)26-20(25-18)16-4-3-5-17-15(16)6-8-23-17/h3-6,8,14,23H,1-2,7,9-13H2,(H2,22,28)(H,24,25,26). The van der Waals surface area contributed by atoms with Gasteiger partial charge in [-0.1, -0.05) is 12.1 Å². The van der Waals surface area contributed by atoms with Crippen molar-refractivity contribution in [1.82, 2.24) is 15.0 Å². The van der Waals surface area contributed by atoms with Gasteiger partial charge >= 0.3 is 6.09 Å². The maximum Gasteiger partial charge on any atom is 0.404 e. The first-order valence-electron chi connectivity index (χ1n) is 10.1. The summed E-state index contributed by atoms with van der Waals surface area (Å²) in [4.78, 5) is 25.7. The molecule has 158 valence electrons. The van der Waals surface area contributed by atoms with E-state index in [0.29, 0.717) is 32.2 Å². The van der Waals surface area contributed by atoms with E-state index >= 15 is 0 Å². The second kappa shape index (κ2) is 9.45. The van der Waals surface area contributed by atoms with E-state index in [1.165, 1.54) is 0 Å². The number of carbonyl (C=O) groups excluding carboxylic acids is 1. The van der Waals surface area contributed by atoms with Crippen molar-refractivity contribution in [3.8, 4) is 11.4 Å². The number of fused-ring (bicyclic) bond motifs is 1. The van der Waals surface area contributed by atoms with Crippen molar-refractivity contribution in [2.75, 3.05) is 49.7 Å². The Kier molecular flexibility index (Phi) is 6.29. The number of hydrogen-bond acceptors (Lipinski definition) is 7. The van der Waals surface area contributed by atoms with Crippen LogP contribution >= 0.6 is 0 Å². The fourth-order valence-electron chi connectivity index (χ4n) is 3.50. The highest BCUT2D eigenvalue weighted by Gasteiger charge is 2.17. The number of morpholine rings is 1. The number of aromatic amines is 1. The monoisotopic (exact) mass is 410 g/mol. The number of rotatable bonds is 8. The van der Waals surface area contributed by atoms with Gasteiger partial charge in [0.1, 0.15) is 11.6 Å². The summed E-state index contributed by atoms with van der Waals surface area (Å²) in [7, 11) is 0. The third kappa shape index (κ3) is 4.80. The molecule has 30 heavy (non-hydrogen) atoms. The number of carbonyl (C=O) groups is 1. The number of ether oxygens (including phenoxy) is 2. The number of amides is 1. The number of nitrogens with zero attached hydrogens (tertiary/aromatic N) is 3. The first-order chi connectivity index (χ1) is 14.7. The molecule has 0 unspecified atom stereocenters. The predicted octanol–water partition coefficient (Wildman–Crippen LogP) is 2.75. The van der Waals surface area contributed by atoms with Crippen LogP contribution in [-0.2, 0) is 9.47 Å². The highest BCUT2D eigenvalue weighted by molar-refractivity contribution is 5.93. The Balaban J connectivity index is 1.55. The molecule has 1 saturated heterocycles. The average Bonchev–Trinajstić information content (AvgIpc) is 3.25. The van der Waals surface area contributed by atoms with Crippen molar-refractivity contribution in [3.63, 3.8) is 0 Å². The summed E-state index contributed by atoms with van der Waals surface area (Å²) in [5.74, 6) is 2.34. The molecule has 9 heteroatoms. The van der Waals surface area contributed by atoms with Crippen LogP contribution in [0.2, 0.25) is 0 Å². The number of benzene rings is 1. The lowest BCUT2D eigenvalue weighted by Gasteiger charge is -2.28. The zero-order chi connectivity index (χ0) is 20.8. The Morgan fingerprint density at radius 3 is 2.93 bits per heavy atom. The Bertz CT molecular complexity index is 999. The minimum Gasteiger partial charge on any atom is -0.450 e. The van der Waals surface area contributed by atoms with Crippen LogP contribution < -0.4 is 16.0 Å². The lowest BCUT2D eigenvalue weighted by molar-refractivity contribution is 0.122. The lowest BCUT2D eigenvalue weighted by Crippen LogP contribution is -2.36. The first kappa shape index (κ1) is 20.0. The number of hydrogen-bond donors (Lipinski definition) is 3. The fourth-order valence-corrected chi connectivity index (χ4v) is 3.50. The molecule has 0 bridgehead atoms. The third-order valence-corrected chi connectivity index (χ3v) is 5.01. The van der Waals surface area contributed by atoms with Gasteiger partial charge in [0, 0.05) is 48.4 Å². The van der Waals surface area contributed by atoms with Crippen LogP contribution in [0.15, 0.2) is 36.5 Å². The van der Waals surface area contributed by atoms with Gasteiger partial charge in [-0.15, -0.1) is 0 Å². The van der Waals surface area contributed by atoms with Gasteiger partial charge in [-0.2, -0.15) is 0 Å². The van der Waals surface area contributed by atoms with Crippen LogP contribution in [0.1, 0.15) is 12.8 Å². The molecule has 1 aromatic carbocycles. The van der Waals surface area contributed by atoms with Gasteiger partial charge < -0.3 is 30.4 Å². The van der Waals surface area contributed by atoms with Crippen LogP contribution in [0.3, 0.4) is 0 Å². The molecular formula is C21H26N6O3. The van der Waals surface area contributed by atoms with E-state index in [4.69, 9.17) is 25.2 Å². The van der Waals surface area contributed by atoms with E-state index in [9.17, 15) is 4.79 Å². The molecule has 0 aliphatic carbocycles. The van der Waals surface area contributed by atoms with E-state index in [1.54, 1.807) is 0 Å². The number of primary amides is 1. The molecular weight excluding hydrogens is 384 g/mol. The smallest absolute Gasteiger partial charge is 0.404 e. The molecule has 1 amide bonds. The van der Waals surface area contributed by atoms with Crippen molar-refractivity contribution in [2.24, 2.45) is 5.73 Å². The van der Waals surface area contributed by atoms with Crippen LogP contribution in [0.4, 0.5) is 16.4 Å². The summed E-state index contributed by atoms with van der Waals surface area (Å²) >= 11 is 0. The van der Waals surface area contributed by atoms with Gasteiger partial charge in [0.05, 0.1) is 19.8 Å². The number of nitrogens with one attached hydrogen (secondary N) is 2. The van der Waals surface area contributed by atoms with Gasteiger partial charge in [-0.25, -0.2) is 14.8 Å². The van der Waals surface area contributed by atoms with Gasteiger partial charge in [0.25, 0.3) is 0 Å². The second-order valence-electron chi connectivity index (χ2n) is 7.08. The molecule has 0 spiro atoms. The van der Waals surface area contributed by atoms with Crippen molar-refractivity contribution in [2.45, 2.75) is 12.8 Å². The molecule has 4 N–H and O–H groups in total. The SMILES string of the molecule is NC(=O)OCCCCNc1cc(N2CCOCC2)nc(-c2cccc3[nH]ccc23)n1. The zero-order valence-electron chi connectivity index (χ0n) is 16.8. The molecule has 2 aromatic heterocycles. The molecule has 0 atom stereocenters. The molecule has 4 rings (SSSR count). The van der Waals surface area contributed by atoms with Crippen molar-refractivity contribution in [1.29, 1.82) is 0 Å². The van der Waals surface area contributed by atoms with E-state index in [2.05, 4.69) is 15.2 Å². The van der Waals surface area contributed by atoms with Gasteiger partial charge in [-0.3, -0.25) is 0 Å². The molecule has 1 aliphatic heterocycles. The van der Waals surface area contributed by atoms with Crippen molar-refractivity contribution >= 4 is 28.6 Å². The first-order valence-corrected chi connectivity index (χ1v) is 10.1. The van der Waals surface area contributed by atoms with Crippen LogP contribution in [0, 0.1) is 0 Å². The quantitative estimate of drug-likeness (QED) is 0.489. The Hall–Kier alpha value is -3.33. The number of H-pyrrole nitrogens is 1. The normalized spacial score (nSPS) is 14.1. The van der Waals surface area contributed by atoms with E-state index in [0.717, 1.165) is 54.0 Å². The molecule has 1 fully saturated rings. The van der Waals surface area contributed by atoms with E-state index < -0.39 is 6.09 Å². The van der Waals surface area contributed by atoms with Crippen LogP contribution in [0.5, 0.6) is 0 Å². The summed E-state index contributed by atoms with van der Waals surface area (Å²) in [5.41, 5.74) is 7.02. The summed E-state index contributed by atoms with van der Waals surface area (Å²) in [6, 6.07) is 10.1. The molecule has 9 nitrogen and oxygen atoms in total. The largest absolute Gasteiger partial charge is 0.450 e. The Morgan fingerprint density at radius 1 is 1.23 bits per heavy atom. The molecule has 0 saturated carbocycles. The van der Waals surface area contributed by atoms with Crippen molar-refractivity contribution in [3.05, 3.63) is 36.5 Å². The van der Waals surface area contributed by atoms with E-state index in [-0.39, 0.29) is 0 Å². The minimum atomic E-state index is -0.738. The number of nitrogens with two attached hydrogens (primary N) is 1. The molecule has 1 aliphatic rings. The Labute approximate surface area is 174 Å². The van der Waals surface area contributed by atoms with Gasteiger partial charge in [-0.05, 0) is 25.0 Å². The third-order valence-electron chi connectivity index (χ3n) is 5.01. The van der Waals surface area contributed by atoms with Crippen LogP contribution in [0.25, 0.3) is 22.3 Å². The van der Waals surface area contributed by atoms with E-state index in [1.807, 2.05) is 36.5 Å². The second-order valence-corrected chi connectivity index (χ2v) is 7.08. The summed E-state index contributed by atoms with van der Waals surface area (Å²) < 4.78 is 10.2. The number of aromatic nitrogens is 3. The number of anilines is 2. The Morgan fingerprint density at radius 2 is 2.10 bits per heavy atom. The maximum absolute atomic E-state index is 10.6. The highest BCUT2D eigenvalue weighted by atomic mass is 16.5. The number of unbranched alkanes of at least 4 members (excludes halogenated alkanes) is 1. The van der Waals surface area contributed by atoms with Gasteiger partial charge in [0.15, 0.2) is 5.82 Å². The predicted molar refractivity (Wildman–Crippen MR) is 116 cm³/mol. The minimum absolute atomic E-state index is 0.320. The topological polar surface area (TPSA) is 118 Å². The summed E-state index contributed by atoms with van der Waals surface area (Å²) in [5, 5.41) is 4.46. The molecule has 3 aromatic rings. The summed E-state index contributed by atoms with van der Waals surface area (Å²) in [6.07, 6.45) is 2.74.